The average molecular weight is 468 g/mol. The Morgan fingerprint density at radius 1 is 1.24 bits per heavy atom. The highest BCUT2D eigenvalue weighted by atomic mass is 32.2. The van der Waals surface area contributed by atoms with Gasteiger partial charge in [0.05, 0.1) is 46.2 Å². The summed E-state index contributed by atoms with van der Waals surface area (Å²) in [5.74, 6) is 0.886. The molecule has 3 aromatic rings. The lowest BCUT2D eigenvalue weighted by molar-refractivity contribution is 0.0986. The number of nitrogens with one attached hydrogen (secondary N) is 3. The summed E-state index contributed by atoms with van der Waals surface area (Å²) >= 11 is 0. The Morgan fingerprint density at radius 2 is 2.09 bits per heavy atom. The van der Waals surface area contributed by atoms with Crippen molar-refractivity contribution in [2.24, 2.45) is 0 Å². The van der Waals surface area contributed by atoms with Gasteiger partial charge in [-0.05, 0) is 50.1 Å². The first kappa shape index (κ1) is 22.1. The Morgan fingerprint density at radius 3 is 2.79 bits per heavy atom. The maximum atomic E-state index is 12.2. The minimum Gasteiger partial charge on any atom is -0.377 e. The predicted molar refractivity (Wildman–Crippen MR) is 129 cm³/mol. The van der Waals surface area contributed by atoms with Gasteiger partial charge in [0, 0.05) is 42.2 Å². The van der Waals surface area contributed by atoms with E-state index in [4.69, 9.17) is 19.5 Å². The van der Waals surface area contributed by atoms with Crippen LogP contribution in [0.1, 0.15) is 30.8 Å². The number of pyridine rings is 3. The summed E-state index contributed by atoms with van der Waals surface area (Å²) in [6, 6.07) is 8.02. The standard InChI is InChI=1S/C23H29N7O2S/c1-14-13-32-11-10-30(14)20-12-18(16-4-5-21(27-15(16)2)33(3,24)31)17-6-8-25-23(22(17)28-20)19-7-9-26-29-19/h4-6,8,12,14,19,24,26,29H,7,9-11,13H2,1-3H3/t14-,19?,33?/m1/s1. The Labute approximate surface area is 193 Å². The average Bonchev–Trinajstić information content (AvgIpc) is 3.32. The highest BCUT2D eigenvalue weighted by molar-refractivity contribution is 7.91. The van der Waals surface area contributed by atoms with Gasteiger partial charge in [-0.3, -0.25) is 10.4 Å². The number of nitrogens with zero attached hydrogens (tertiary/aromatic N) is 4. The van der Waals surface area contributed by atoms with E-state index in [1.165, 1.54) is 6.26 Å². The van der Waals surface area contributed by atoms with Crippen molar-refractivity contribution in [1.82, 2.24) is 25.8 Å². The fourth-order valence-corrected chi connectivity index (χ4v) is 5.22. The topological polar surface area (TPSA) is 116 Å². The van der Waals surface area contributed by atoms with Crippen molar-refractivity contribution in [3.05, 3.63) is 41.9 Å². The highest BCUT2D eigenvalue weighted by Gasteiger charge is 2.26. The fraction of sp³-hybridized carbons (Fsp3) is 0.435. The lowest BCUT2D eigenvalue weighted by Gasteiger charge is -2.35. The van der Waals surface area contributed by atoms with Gasteiger partial charge in [-0.1, -0.05) is 0 Å². The Bertz CT molecular complexity index is 1310. The maximum Gasteiger partial charge on any atom is 0.135 e. The van der Waals surface area contributed by atoms with E-state index in [2.05, 4.69) is 33.7 Å². The van der Waals surface area contributed by atoms with Gasteiger partial charge in [-0.25, -0.2) is 24.4 Å². The molecule has 5 heterocycles. The summed E-state index contributed by atoms with van der Waals surface area (Å²) in [5, 5.41) is 1.30. The van der Waals surface area contributed by atoms with Gasteiger partial charge < -0.3 is 9.64 Å². The monoisotopic (exact) mass is 467 g/mol. The number of anilines is 1. The minimum atomic E-state index is -2.89. The number of hydrazine groups is 1. The number of aryl methyl sites for hydroxylation is 1. The van der Waals surface area contributed by atoms with Gasteiger partial charge in [0.25, 0.3) is 0 Å². The number of morpholine rings is 1. The Hall–Kier alpha value is -2.66. The van der Waals surface area contributed by atoms with Crippen LogP contribution in [0, 0.1) is 11.7 Å². The first-order valence-electron chi connectivity index (χ1n) is 11.2. The summed E-state index contributed by atoms with van der Waals surface area (Å²) in [6.45, 7) is 7.02. The SMILES string of the molecule is Cc1nc(S(C)(=N)=O)ccc1-c1cc(N2CCOC[C@H]2C)nc2c(C3CCNN3)nccc12. The zero-order chi connectivity index (χ0) is 23.2. The van der Waals surface area contributed by atoms with E-state index >= 15 is 0 Å². The van der Waals surface area contributed by atoms with E-state index in [0.717, 1.165) is 58.7 Å². The molecule has 2 saturated heterocycles. The van der Waals surface area contributed by atoms with Gasteiger partial charge in [0.2, 0.25) is 0 Å². The van der Waals surface area contributed by atoms with Gasteiger partial charge in [-0.2, -0.15) is 0 Å². The molecule has 3 N–H and O–H groups in total. The second kappa shape index (κ2) is 8.60. The van der Waals surface area contributed by atoms with E-state index < -0.39 is 9.73 Å². The zero-order valence-corrected chi connectivity index (χ0v) is 19.9. The van der Waals surface area contributed by atoms with Gasteiger partial charge in [0.1, 0.15) is 10.8 Å². The fourth-order valence-electron chi connectivity index (χ4n) is 4.58. The lowest BCUT2D eigenvalue weighted by Crippen LogP contribution is -2.44. The molecule has 3 aromatic heterocycles. The molecule has 0 radical (unpaired) electrons. The largest absolute Gasteiger partial charge is 0.377 e. The molecule has 2 fully saturated rings. The summed E-state index contributed by atoms with van der Waals surface area (Å²) < 4.78 is 25.8. The van der Waals surface area contributed by atoms with Crippen molar-refractivity contribution >= 4 is 26.4 Å². The molecule has 3 atom stereocenters. The van der Waals surface area contributed by atoms with E-state index in [1.807, 2.05) is 25.3 Å². The van der Waals surface area contributed by atoms with Gasteiger partial charge in [0.15, 0.2) is 0 Å². The van der Waals surface area contributed by atoms with E-state index in [0.29, 0.717) is 18.2 Å². The molecule has 2 aliphatic rings. The molecule has 5 rings (SSSR count). The van der Waals surface area contributed by atoms with Crippen LogP contribution in [-0.2, 0) is 14.5 Å². The Kier molecular flexibility index (Phi) is 5.77. The molecule has 2 unspecified atom stereocenters. The summed E-state index contributed by atoms with van der Waals surface area (Å²) in [7, 11) is -2.89. The second-order valence-corrected chi connectivity index (χ2v) is 10.9. The normalized spacial score (nSPS) is 23.1. The number of hydrogen-bond acceptors (Lipinski definition) is 9. The quantitative estimate of drug-likeness (QED) is 0.536. The molecule has 2 aliphatic heterocycles. The first-order valence-corrected chi connectivity index (χ1v) is 13.1. The minimum absolute atomic E-state index is 0.0843. The van der Waals surface area contributed by atoms with E-state index in [-0.39, 0.29) is 12.1 Å². The van der Waals surface area contributed by atoms with Crippen LogP contribution < -0.4 is 15.8 Å². The van der Waals surface area contributed by atoms with Crippen molar-refractivity contribution in [3.63, 3.8) is 0 Å². The third kappa shape index (κ3) is 4.19. The molecule has 0 saturated carbocycles. The van der Waals surface area contributed by atoms with Crippen molar-refractivity contribution in [2.45, 2.75) is 37.4 Å². The van der Waals surface area contributed by atoms with Crippen LogP contribution in [0.5, 0.6) is 0 Å². The molecular formula is C23H29N7O2S. The second-order valence-electron chi connectivity index (χ2n) is 8.78. The third-order valence-electron chi connectivity index (χ3n) is 6.32. The smallest absolute Gasteiger partial charge is 0.135 e. The predicted octanol–water partition coefficient (Wildman–Crippen LogP) is 2.80. The van der Waals surface area contributed by atoms with Crippen molar-refractivity contribution < 1.29 is 8.95 Å². The molecule has 9 nitrogen and oxygen atoms in total. The number of rotatable bonds is 4. The molecule has 33 heavy (non-hydrogen) atoms. The summed E-state index contributed by atoms with van der Waals surface area (Å²) in [4.78, 5) is 16.6. The van der Waals surface area contributed by atoms with Crippen molar-refractivity contribution in [3.8, 4) is 11.1 Å². The number of hydrogen-bond donors (Lipinski definition) is 3. The van der Waals surface area contributed by atoms with Crippen molar-refractivity contribution in [1.29, 1.82) is 4.78 Å². The summed E-state index contributed by atoms with van der Waals surface area (Å²) in [5.41, 5.74) is 11.0. The van der Waals surface area contributed by atoms with Crippen LogP contribution in [0.25, 0.3) is 22.0 Å². The zero-order valence-electron chi connectivity index (χ0n) is 19.1. The molecular weight excluding hydrogens is 438 g/mol. The third-order valence-corrected chi connectivity index (χ3v) is 7.34. The van der Waals surface area contributed by atoms with Crippen LogP contribution in [0.15, 0.2) is 35.5 Å². The molecule has 0 bridgehead atoms. The highest BCUT2D eigenvalue weighted by Crippen LogP contribution is 2.36. The lowest BCUT2D eigenvalue weighted by atomic mass is 9.98. The van der Waals surface area contributed by atoms with Crippen LogP contribution in [0.3, 0.4) is 0 Å². The molecule has 0 aliphatic carbocycles. The van der Waals surface area contributed by atoms with E-state index in [9.17, 15) is 4.21 Å². The molecule has 10 heteroatoms. The molecule has 174 valence electrons. The Balaban J connectivity index is 1.74. The molecule has 0 aromatic carbocycles. The summed E-state index contributed by atoms with van der Waals surface area (Å²) in [6.07, 6.45) is 4.17. The molecule has 0 amide bonds. The number of ether oxygens (including phenoxy) is 1. The van der Waals surface area contributed by atoms with Crippen LogP contribution in [0.2, 0.25) is 0 Å². The van der Waals surface area contributed by atoms with Gasteiger partial charge >= 0.3 is 0 Å². The number of aromatic nitrogens is 3. The first-order chi connectivity index (χ1) is 15.8. The van der Waals surface area contributed by atoms with E-state index in [1.54, 1.807) is 6.07 Å². The van der Waals surface area contributed by atoms with Crippen LogP contribution in [-0.4, -0.2) is 57.8 Å². The molecule has 0 spiro atoms. The number of fused-ring (bicyclic) bond motifs is 1. The maximum absolute atomic E-state index is 12.2. The van der Waals surface area contributed by atoms with Crippen LogP contribution in [0.4, 0.5) is 5.82 Å². The van der Waals surface area contributed by atoms with Gasteiger partial charge in [-0.15, -0.1) is 0 Å². The van der Waals surface area contributed by atoms with Crippen LogP contribution >= 0.6 is 0 Å². The van der Waals surface area contributed by atoms with Crippen molar-refractivity contribution in [2.75, 3.05) is 37.5 Å².